The number of rotatable bonds is 7. The van der Waals surface area contributed by atoms with Crippen molar-refractivity contribution in [1.82, 2.24) is 19.5 Å². The zero-order valence-electron chi connectivity index (χ0n) is 11.3. The van der Waals surface area contributed by atoms with Crippen LogP contribution < -0.4 is 0 Å². The molecule has 0 spiro atoms. The molecular formula is C11H13N7O3. The molecule has 0 aliphatic heterocycles. The van der Waals surface area contributed by atoms with Gasteiger partial charge in [-0.25, -0.2) is 15.0 Å². The third-order valence-electron chi connectivity index (χ3n) is 2.45. The first-order chi connectivity index (χ1) is 10.2. The van der Waals surface area contributed by atoms with E-state index in [9.17, 15) is 4.79 Å². The Bertz CT molecular complexity index is 678. The van der Waals surface area contributed by atoms with Crippen LogP contribution in [0, 0.1) is 0 Å². The van der Waals surface area contributed by atoms with Crippen molar-refractivity contribution in [3.05, 3.63) is 23.0 Å². The van der Waals surface area contributed by atoms with Crippen molar-refractivity contribution in [1.29, 1.82) is 0 Å². The molecule has 2 heterocycles. The van der Waals surface area contributed by atoms with Crippen LogP contribution in [-0.2, 0) is 21.0 Å². The lowest BCUT2D eigenvalue weighted by atomic mass is 10.5. The van der Waals surface area contributed by atoms with Crippen LogP contribution in [0.1, 0.15) is 13.3 Å². The molecule has 0 fully saturated rings. The van der Waals surface area contributed by atoms with Gasteiger partial charge < -0.3 is 9.47 Å². The van der Waals surface area contributed by atoms with Gasteiger partial charge in [0.05, 0.1) is 25.7 Å². The van der Waals surface area contributed by atoms with E-state index in [0.717, 1.165) is 0 Å². The number of esters is 1. The van der Waals surface area contributed by atoms with Crippen LogP contribution in [0.5, 0.6) is 0 Å². The summed E-state index contributed by atoms with van der Waals surface area (Å²) >= 11 is 0. The van der Waals surface area contributed by atoms with Gasteiger partial charge in [0.15, 0.2) is 5.65 Å². The van der Waals surface area contributed by atoms with Crippen molar-refractivity contribution in [2.24, 2.45) is 5.11 Å². The van der Waals surface area contributed by atoms with Gasteiger partial charge in [0, 0.05) is 18.3 Å². The minimum Gasteiger partial charge on any atom is -0.466 e. The summed E-state index contributed by atoms with van der Waals surface area (Å²) in [5.41, 5.74) is 9.47. The number of hydrogen-bond donors (Lipinski definition) is 0. The zero-order valence-corrected chi connectivity index (χ0v) is 11.3. The van der Waals surface area contributed by atoms with E-state index in [-0.39, 0.29) is 18.6 Å². The van der Waals surface area contributed by atoms with E-state index in [2.05, 4.69) is 25.0 Å². The van der Waals surface area contributed by atoms with Crippen LogP contribution in [0.25, 0.3) is 21.6 Å². The molecule has 0 bridgehead atoms. The lowest BCUT2D eigenvalue weighted by Gasteiger charge is -2.06. The minimum absolute atomic E-state index is 0.0293. The molecule has 2 rings (SSSR count). The Hall–Kier alpha value is -2.71. The van der Waals surface area contributed by atoms with Gasteiger partial charge in [0.25, 0.3) is 0 Å². The number of nitrogens with zero attached hydrogens (tertiary/aromatic N) is 7. The first kappa shape index (κ1) is 14.7. The predicted octanol–water partition coefficient (Wildman–Crippen LogP) is 1.70. The van der Waals surface area contributed by atoms with Crippen LogP contribution in [0.3, 0.4) is 0 Å². The number of ether oxygens (including phenoxy) is 2. The molecule has 110 valence electrons. The second-order valence-electron chi connectivity index (χ2n) is 4.01. The van der Waals surface area contributed by atoms with Gasteiger partial charge >= 0.3 is 5.97 Å². The molecule has 0 unspecified atom stereocenters. The highest BCUT2D eigenvalue weighted by atomic mass is 16.5. The van der Waals surface area contributed by atoms with Crippen LogP contribution >= 0.6 is 0 Å². The second kappa shape index (κ2) is 7.17. The van der Waals surface area contributed by atoms with E-state index in [4.69, 9.17) is 15.0 Å². The number of imidazole rings is 1. The molecule has 0 radical (unpaired) electrons. The molecule has 21 heavy (non-hydrogen) atoms. The summed E-state index contributed by atoms with van der Waals surface area (Å²) in [7, 11) is 0. The van der Waals surface area contributed by atoms with Gasteiger partial charge in [-0.3, -0.25) is 9.36 Å². The van der Waals surface area contributed by atoms with Gasteiger partial charge in [0.2, 0.25) is 5.95 Å². The SMILES string of the molecule is CC(=O)OCCCOCn1cnc2cnc(N=[N+]=[N-])nc21. The van der Waals surface area contributed by atoms with Gasteiger partial charge in [-0.2, -0.15) is 0 Å². The minimum atomic E-state index is -0.308. The molecule has 10 heteroatoms. The number of carbonyl (C=O) groups excluding carboxylic acids is 1. The third kappa shape index (κ3) is 4.13. The van der Waals surface area contributed by atoms with Gasteiger partial charge in [-0.05, 0) is 10.6 Å². The van der Waals surface area contributed by atoms with E-state index in [1.807, 2.05) is 0 Å². The average Bonchev–Trinajstić information content (AvgIpc) is 2.85. The Morgan fingerprint density at radius 3 is 3.10 bits per heavy atom. The summed E-state index contributed by atoms with van der Waals surface area (Å²) in [6, 6.07) is 0. The number of aromatic nitrogens is 4. The number of carbonyl (C=O) groups is 1. The van der Waals surface area contributed by atoms with Crippen LogP contribution in [-0.4, -0.2) is 38.7 Å². The lowest BCUT2D eigenvalue weighted by molar-refractivity contribution is -0.141. The smallest absolute Gasteiger partial charge is 0.302 e. The van der Waals surface area contributed by atoms with E-state index >= 15 is 0 Å². The lowest BCUT2D eigenvalue weighted by Crippen LogP contribution is -2.07. The molecule has 0 aromatic carbocycles. The van der Waals surface area contributed by atoms with Crippen molar-refractivity contribution in [2.75, 3.05) is 13.2 Å². The summed E-state index contributed by atoms with van der Waals surface area (Å²) < 4.78 is 11.9. The van der Waals surface area contributed by atoms with E-state index in [1.165, 1.54) is 13.1 Å². The fourth-order valence-corrected chi connectivity index (χ4v) is 1.57. The maximum Gasteiger partial charge on any atom is 0.302 e. The predicted molar refractivity (Wildman–Crippen MR) is 71.3 cm³/mol. The highest BCUT2D eigenvalue weighted by Crippen LogP contribution is 2.13. The molecule has 0 amide bonds. The maximum absolute atomic E-state index is 10.6. The molecule has 0 aliphatic carbocycles. The topological polar surface area (TPSA) is 128 Å². The Labute approximate surface area is 119 Å². The maximum atomic E-state index is 10.6. The normalized spacial score (nSPS) is 10.3. The Kier molecular flexibility index (Phi) is 5.02. The Morgan fingerprint density at radius 2 is 2.33 bits per heavy atom. The van der Waals surface area contributed by atoms with Gasteiger partial charge in [-0.15, -0.1) is 0 Å². The largest absolute Gasteiger partial charge is 0.466 e. The molecule has 0 aliphatic rings. The summed E-state index contributed by atoms with van der Waals surface area (Å²) in [5, 5.41) is 3.34. The van der Waals surface area contributed by atoms with Crippen molar-refractivity contribution in [3.8, 4) is 0 Å². The Morgan fingerprint density at radius 1 is 1.48 bits per heavy atom. The van der Waals surface area contributed by atoms with E-state index in [0.29, 0.717) is 30.8 Å². The third-order valence-corrected chi connectivity index (χ3v) is 2.45. The molecule has 0 N–H and O–H groups in total. The van der Waals surface area contributed by atoms with Crippen molar-refractivity contribution in [3.63, 3.8) is 0 Å². The first-order valence-electron chi connectivity index (χ1n) is 6.15. The van der Waals surface area contributed by atoms with E-state index < -0.39 is 0 Å². The molecule has 0 saturated carbocycles. The molecular weight excluding hydrogens is 278 g/mol. The highest BCUT2D eigenvalue weighted by molar-refractivity contribution is 5.70. The molecule has 0 saturated heterocycles. The van der Waals surface area contributed by atoms with Crippen LogP contribution in [0.15, 0.2) is 17.6 Å². The molecule has 2 aromatic heterocycles. The van der Waals surface area contributed by atoms with Crippen LogP contribution in [0.4, 0.5) is 5.95 Å². The molecule has 2 aromatic rings. The quantitative estimate of drug-likeness (QED) is 0.251. The number of fused-ring (bicyclic) bond motifs is 1. The van der Waals surface area contributed by atoms with Crippen molar-refractivity contribution in [2.45, 2.75) is 20.1 Å². The fourth-order valence-electron chi connectivity index (χ4n) is 1.57. The summed E-state index contributed by atoms with van der Waals surface area (Å²) in [4.78, 5) is 25.3. The van der Waals surface area contributed by atoms with Gasteiger partial charge in [-0.1, -0.05) is 0 Å². The molecule has 0 atom stereocenters. The average molecular weight is 291 g/mol. The standard InChI is InChI=1S/C11H13N7O3/c1-8(19)21-4-2-3-20-7-18-6-14-9-5-13-11(16-17-12)15-10(9)18/h5-6H,2-4,7H2,1H3. The Balaban J connectivity index is 1.91. The summed E-state index contributed by atoms with van der Waals surface area (Å²) in [6.45, 7) is 2.35. The van der Waals surface area contributed by atoms with Crippen molar-refractivity contribution < 1.29 is 14.3 Å². The summed E-state index contributed by atoms with van der Waals surface area (Å²) in [6.07, 6.45) is 3.64. The van der Waals surface area contributed by atoms with Crippen molar-refractivity contribution >= 4 is 23.1 Å². The first-order valence-corrected chi connectivity index (χ1v) is 6.15. The second-order valence-corrected chi connectivity index (χ2v) is 4.01. The van der Waals surface area contributed by atoms with Crippen LogP contribution in [0.2, 0.25) is 0 Å². The summed E-state index contributed by atoms with van der Waals surface area (Å²) in [5.74, 6) is -0.278. The zero-order chi connectivity index (χ0) is 15.1. The number of hydrogen-bond acceptors (Lipinski definition) is 7. The molecule has 10 nitrogen and oxygen atoms in total. The van der Waals surface area contributed by atoms with E-state index in [1.54, 1.807) is 10.9 Å². The van der Waals surface area contributed by atoms with Gasteiger partial charge in [0.1, 0.15) is 12.2 Å². The fraction of sp³-hybridized carbons (Fsp3) is 0.455. The monoisotopic (exact) mass is 291 g/mol. The number of azide groups is 1. The highest BCUT2D eigenvalue weighted by Gasteiger charge is 2.05.